The number of aryl methyl sites for hydroxylation is 1. The van der Waals surface area contributed by atoms with Gasteiger partial charge in [0.25, 0.3) is 5.91 Å². The van der Waals surface area contributed by atoms with Crippen LogP contribution in [0, 0.1) is 6.92 Å². The number of carbonyl (C=O) groups excluding carboxylic acids is 1. The molecule has 7 heteroatoms. The van der Waals surface area contributed by atoms with Crippen molar-refractivity contribution in [3.63, 3.8) is 0 Å². The Hall–Kier alpha value is -3.35. The molecule has 148 valence electrons. The maximum absolute atomic E-state index is 12.5. The van der Waals surface area contributed by atoms with Crippen LogP contribution in [0.25, 0.3) is 10.9 Å². The Morgan fingerprint density at radius 1 is 1.00 bits per heavy atom. The van der Waals surface area contributed by atoms with Gasteiger partial charge < -0.3 is 29.2 Å². The Bertz CT molecular complexity index is 963. The topological polar surface area (TPSA) is 81.8 Å². The molecular weight excluding hydrogens is 360 g/mol. The molecule has 3 rings (SSSR count). The second-order valence-electron chi connectivity index (χ2n) is 6.20. The molecule has 0 radical (unpaired) electrons. The van der Waals surface area contributed by atoms with Gasteiger partial charge in [-0.2, -0.15) is 0 Å². The third-order valence-corrected chi connectivity index (χ3v) is 4.36. The zero-order valence-electron chi connectivity index (χ0n) is 16.4. The van der Waals surface area contributed by atoms with E-state index in [1.165, 1.54) is 5.56 Å². The fourth-order valence-corrected chi connectivity index (χ4v) is 2.92. The largest absolute Gasteiger partial charge is 0.496 e. The Morgan fingerprint density at radius 2 is 1.71 bits per heavy atom. The number of methoxy groups -OCH3 is 3. The first-order valence-electron chi connectivity index (χ1n) is 8.86. The van der Waals surface area contributed by atoms with Crippen molar-refractivity contribution < 1.29 is 23.7 Å². The summed E-state index contributed by atoms with van der Waals surface area (Å²) >= 11 is 0. The van der Waals surface area contributed by atoms with E-state index in [4.69, 9.17) is 18.9 Å². The maximum Gasteiger partial charge on any atom is 0.267 e. The summed E-state index contributed by atoms with van der Waals surface area (Å²) in [7, 11) is 4.66. The number of ether oxygens (including phenoxy) is 4. The molecule has 1 amide bonds. The van der Waals surface area contributed by atoms with E-state index in [9.17, 15) is 4.79 Å². The molecule has 0 aliphatic carbocycles. The summed E-state index contributed by atoms with van der Waals surface area (Å²) in [5.74, 6) is 2.15. The first kappa shape index (κ1) is 19.4. The minimum absolute atomic E-state index is 0.244. The number of amides is 1. The van der Waals surface area contributed by atoms with E-state index in [1.807, 2.05) is 31.2 Å². The Kier molecular flexibility index (Phi) is 5.93. The van der Waals surface area contributed by atoms with E-state index in [0.717, 1.165) is 11.1 Å². The maximum atomic E-state index is 12.5. The minimum atomic E-state index is -0.244. The zero-order valence-corrected chi connectivity index (χ0v) is 16.4. The molecule has 28 heavy (non-hydrogen) atoms. The number of fused-ring (bicyclic) bond motifs is 1. The summed E-state index contributed by atoms with van der Waals surface area (Å²) in [4.78, 5) is 15.6. The molecule has 2 N–H and O–H groups in total. The summed E-state index contributed by atoms with van der Waals surface area (Å²) in [6.45, 7) is 2.76. The third-order valence-electron chi connectivity index (χ3n) is 4.36. The average molecular weight is 384 g/mol. The van der Waals surface area contributed by atoms with Crippen LogP contribution < -0.4 is 24.3 Å². The van der Waals surface area contributed by atoms with Gasteiger partial charge in [-0.25, -0.2) is 0 Å². The molecule has 1 heterocycles. The normalized spacial score (nSPS) is 10.6. The number of aromatic amines is 1. The first-order chi connectivity index (χ1) is 13.6. The van der Waals surface area contributed by atoms with Crippen molar-refractivity contribution in [2.75, 3.05) is 34.5 Å². The van der Waals surface area contributed by atoms with Crippen molar-refractivity contribution in [2.24, 2.45) is 0 Å². The number of aromatic nitrogens is 1. The van der Waals surface area contributed by atoms with Crippen molar-refractivity contribution in [3.05, 3.63) is 47.7 Å². The molecular formula is C21H24N2O5. The van der Waals surface area contributed by atoms with Gasteiger partial charge >= 0.3 is 0 Å². The molecule has 0 unspecified atom stereocenters. The summed E-state index contributed by atoms with van der Waals surface area (Å²) in [6, 6.07) is 11.2. The lowest BCUT2D eigenvalue weighted by Crippen LogP contribution is -2.28. The second-order valence-corrected chi connectivity index (χ2v) is 6.20. The summed E-state index contributed by atoms with van der Waals surface area (Å²) in [5, 5.41) is 3.57. The van der Waals surface area contributed by atoms with E-state index in [-0.39, 0.29) is 5.91 Å². The van der Waals surface area contributed by atoms with Gasteiger partial charge in [0.15, 0.2) is 11.5 Å². The molecule has 0 fully saturated rings. The number of hydrogen-bond donors (Lipinski definition) is 2. The van der Waals surface area contributed by atoms with Crippen LogP contribution in [0.3, 0.4) is 0 Å². The van der Waals surface area contributed by atoms with Crippen molar-refractivity contribution in [3.8, 4) is 23.0 Å². The molecule has 3 aromatic rings. The van der Waals surface area contributed by atoms with Crippen molar-refractivity contribution in [2.45, 2.75) is 6.92 Å². The van der Waals surface area contributed by atoms with Gasteiger partial charge in [0.2, 0.25) is 0 Å². The highest BCUT2D eigenvalue weighted by Crippen LogP contribution is 2.41. The quantitative estimate of drug-likeness (QED) is 0.583. The molecule has 0 atom stereocenters. The average Bonchev–Trinajstić information content (AvgIpc) is 3.16. The smallest absolute Gasteiger partial charge is 0.267 e. The van der Waals surface area contributed by atoms with Crippen molar-refractivity contribution in [1.82, 2.24) is 10.3 Å². The lowest BCUT2D eigenvalue weighted by atomic mass is 10.2. The van der Waals surface area contributed by atoms with E-state index in [2.05, 4.69) is 10.3 Å². The highest BCUT2D eigenvalue weighted by molar-refractivity contribution is 6.02. The lowest BCUT2D eigenvalue weighted by Gasteiger charge is -2.11. The second kappa shape index (κ2) is 8.56. The number of benzene rings is 2. The summed E-state index contributed by atoms with van der Waals surface area (Å²) in [6.07, 6.45) is 0. The molecule has 0 bridgehead atoms. The van der Waals surface area contributed by atoms with E-state index in [0.29, 0.717) is 41.6 Å². The van der Waals surface area contributed by atoms with Crippen LogP contribution in [0.1, 0.15) is 16.1 Å². The molecule has 2 aromatic carbocycles. The number of hydrogen-bond acceptors (Lipinski definition) is 5. The standard InChI is InChI=1S/C21H24N2O5/c1-13-5-7-14(8-6-13)28-10-9-22-21(24)16-11-15-17(25-2)12-18(26-3)20(27-4)19(15)23-16/h5-8,11-12,23H,9-10H2,1-4H3,(H,22,24). The highest BCUT2D eigenvalue weighted by Gasteiger charge is 2.19. The molecule has 0 aliphatic rings. The fraction of sp³-hybridized carbons (Fsp3) is 0.286. The fourth-order valence-electron chi connectivity index (χ4n) is 2.92. The molecule has 0 saturated heterocycles. The molecule has 0 saturated carbocycles. The van der Waals surface area contributed by atoms with Crippen molar-refractivity contribution >= 4 is 16.8 Å². The molecule has 0 aliphatic heterocycles. The van der Waals surface area contributed by atoms with Gasteiger partial charge in [0, 0.05) is 11.5 Å². The predicted molar refractivity (Wildman–Crippen MR) is 107 cm³/mol. The molecule has 1 aromatic heterocycles. The van der Waals surface area contributed by atoms with Crippen LogP contribution in [0.2, 0.25) is 0 Å². The van der Waals surface area contributed by atoms with Gasteiger partial charge in [-0.3, -0.25) is 4.79 Å². The monoisotopic (exact) mass is 384 g/mol. The van der Waals surface area contributed by atoms with Gasteiger partial charge in [0.05, 0.1) is 33.4 Å². The predicted octanol–water partition coefficient (Wildman–Crippen LogP) is 3.31. The van der Waals surface area contributed by atoms with Gasteiger partial charge in [-0.05, 0) is 25.1 Å². The van der Waals surface area contributed by atoms with Crippen LogP contribution >= 0.6 is 0 Å². The Morgan fingerprint density at radius 3 is 2.36 bits per heavy atom. The highest BCUT2D eigenvalue weighted by atomic mass is 16.5. The van der Waals surface area contributed by atoms with E-state index < -0.39 is 0 Å². The zero-order chi connectivity index (χ0) is 20.1. The summed E-state index contributed by atoms with van der Waals surface area (Å²) < 4.78 is 21.8. The number of rotatable bonds is 8. The first-order valence-corrected chi connectivity index (χ1v) is 8.86. The third kappa shape index (κ3) is 3.98. The Labute approximate surface area is 163 Å². The lowest BCUT2D eigenvalue weighted by molar-refractivity contribution is 0.0943. The van der Waals surface area contributed by atoms with Crippen LogP contribution in [0.5, 0.6) is 23.0 Å². The number of H-pyrrole nitrogens is 1. The SMILES string of the molecule is COc1cc(OC)c2cc(C(=O)NCCOc3ccc(C)cc3)[nH]c2c1OC. The Balaban J connectivity index is 1.70. The number of carbonyl (C=O) groups is 1. The van der Waals surface area contributed by atoms with Gasteiger partial charge in [-0.1, -0.05) is 17.7 Å². The van der Waals surface area contributed by atoms with Crippen LogP contribution in [0.4, 0.5) is 0 Å². The van der Waals surface area contributed by atoms with Crippen LogP contribution in [-0.4, -0.2) is 45.4 Å². The van der Waals surface area contributed by atoms with E-state index in [1.54, 1.807) is 33.5 Å². The van der Waals surface area contributed by atoms with Gasteiger partial charge in [0.1, 0.15) is 23.8 Å². The van der Waals surface area contributed by atoms with Gasteiger partial charge in [-0.15, -0.1) is 0 Å². The summed E-state index contributed by atoms with van der Waals surface area (Å²) in [5.41, 5.74) is 2.21. The number of nitrogens with one attached hydrogen (secondary N) is 2. The minimum Gasteiger partial charge on any atom is -0.496 e. The molecule has 0 spiro atoms. The van der Waals surface area contributed by atoms with Crippen LogP contribution in [-0.2, 0) is 0 Å². The van der Waals surface area contributed by atoms with E-state index >= 15 is 0 Å². The molecule has 7 nitrogen and oxygen atoms in total. The van der Waals surface area contributed by atoms with Crippen LogP contribution in [0.15, 0.2) is 36.4 Å². The van der Waals surface area contributed by atoms with Crippen molar-refractivity contribution in [1.29, 1.82) is 0 Å².